The highest BCUT2D eigenvalue weighted by molar-refractivity contribution is 7.90. The fourth-order valence-electron chi connectivity index (χ4n) is 4.19. The molecule has 1 aromatic carbocycles. The van der Waals surface area contributed by atoms with Crippen LogP contribution in [0, 0.1) is 0 Å². The van der Waals surface area contributed by atoms with Gasteiger partial charge in [0.15, 0.2) is 0 Å². The molecule has 2 aliphatic carbocycles. The molecule has 0 aliphatic heterocycles. The Balaban J connectivity index is 1.54. The Morgan fingerprint density at radius 2 is 1.70 bits per heavy atom. The number of fused-ring (bicyclic) bond motifs is 2. The van der Waals surface area contributed by atoms with Gasteiger partial charge >= 0.3 is 12.2 Å². The van der Waals surface area contributed by atoms with E-state index in [1.807, 2.05) is 4.72 Å². The summed E-state index contributed by atoms with van der Waals surface area (Å²) in [6, 6.07) is 1.01. The summed E-state index contributed by atoms with van der Waals surface area (Å²) in [6.45, 7) is 1.34. The Labute approximate surface area is 175 Å². The van der Waals surface area contributed by atoms with Crippen LogP contribution >= 0.6 is 0 Å². The minimum Gasteiger partial charge on any atom is -0.314 e. The molecule has 0 radical (unpaired) electrons. The first-order valence-electron chi connectivity index (χ1n) is 10.3. The van der Waals surface area contributed by atoms with Crippen LogP contribution in [-0.2, 0) is 35.7 Å². The molecule has 2 aliphatic rings. The van der Waals surface area contributed by atoms with Crippen LogP contribution in [0.2, 0.25) is 0 Å². The quantitative estimate of drug-likeness (QED) is 0.570. The summed E-state index contributed by atoms with van der Waals surface area (Å²) in [7, 11) is -3.90. The molecule has 3 N–H and O–H groups in total. The minimum atomic E-state index is -4.25. The summed E-state index contributed by atoms with van der Waals surface area (Å²) in [6.07, 6.45) is 0.576. The van der Waals surface area contributed by atoms with Crippen molar-refractivity contribution < 1.29 is 26.4 Å². The zero-order valence-electron chi connectivity index (χ0n) is 17.0. The Hall–Kier alpha value is -1.81. The number of halogens is 3. The van der Waals surface area contributed by atoms with Gasteiger partial charge in [0.1, 0.15) is 0 Å². The van der Waals surface area contributed by atoms with Crippen LogP contribution in [0.5, 0.6) is 0 Å². The number of carbonyl (C=O) groups excluding carboxylic acids is 1. The second-order valence-electron chi connectivity index (χ2n) is 8.12. The second-order valence-corrected chi connectivity index (χ2v) is 9.96. The average Bonchev–Trinajstić information content (AvgIpc) is 3.27. The smallest absolute Gasteiger partial charge is 0.314 e. The standard InChI is InChI=1S/C20H28F3N3O3S/c1-13(24-10-9-20(21,22)23)8-11-30(28,29)26-19(27)25-18-16-6-2-4-14(16)12-15-5-3-7-17(15)18/h12-13,24H,2-11H2,1H3,(H2,25,26,27). The number of hydrogen-bond acceptors (Lipinski definition) is 4. The van der Waals surface area contributed by atoms with E-state index in [1.165, 1.54) is 11.1 Å². The van der Waals surface area contributed by atoms with Crippen LogP contribution < -0.4 is 15.4 Å². The zero-order valence-corrected chi connectivity index (χ0v) is 17.8. The molecule has 10 heteroatoms. The molecule has 0 bridgehead atoms. The number of anilines is 1. The summed E-state index contributed by atoms with van der Waals surface area (Å²) in [5.74, 6) is -0.356. The van der Waals surface area contributed by atoms with E-state index in [0.29, 0.717) is 0 Å². The Morgan fingerprint density at radius 1 is 1.10 bits per heavy atom. The first kappa shape index (κ1) is 22.9. The lowest BCUT2D eigenvalue weighted by atomic mass is 9.99. The van der Waals surface area contributed by atoms with Crippen molar-refractivity contribution in [2.24, 2.45) is 0 Å². The summed E-state index contributed by atoms with van der Waals surface area (Å²) in [5.41, 5.74) is 5.42. The Kier molecular flexibility index (Phi) is 6.96. The Bertz CT molecular complexity index is 869. The number of rotatable bonds is 8. The fraction of sp³-hybridized carbons (Fsp3) is 0.650. The third kappa shape index (κ3) is 6.10. The van der Waals surface area contributed by atoms with Crippen molar-refractivity contribution in [2.45, 2.75) is 70.5 Å². The third-order valence-electron chi connectivity index (χ3n) is 5.68. The first-order chi connectivity index (χ1) is 14.0. The van der Waals surface area contributed by atoms with Gasteiger partial charge in [-0.2, -0.15) is 13.2 Å². The maximum atomic E-state index is 12.4. The van der Waals surface area contributed by atoms with E-state index < -0.39 is 34.7 Å². The molecule has 1 atom stereocenters. The molecule has 30 heavy (non-hydrogen) atoms. The first-order valence-corrected chi connectivity index (χ1v) is 12.0. The number of amides is 2. The van der Waals surface area contributed by atoms with E-state index in [9.17, 15) is 26.4 Å². The summed E-state index contributed by atoms with van der Waals surface area (Å²) in [5, 5.41) is 5.42. The van der Waals surface area contributed by atoms with E-state index in [0.717, 1.165) is 55.3 Å². The molecule has 1 unspecified atom stereocenters. The normalized spacial score (nSPS) is 16.8. The van der Waals surface area contributed by atoms with E-state index in [2.05, 4.69) is 16.7 Å². The predicted molar refractivity (Wildman–Crippen MR) is 109 cm³/mol. The molecule has 0 saturated heterocycles. The summed E-state index contributed by atoms with van der Waals surface area (Å²) >= 11 is 0. The molecule has 0 spiro atoms. The molecule has 1 aromatic rings. The van der Waals surface area contributed by atoms with Crippen molar-refractivity contribution in [1.29, 1.82) is 0 Å². The van der Waals surface area contributed by atoms with Crippen LogP contribution in [-0.4, -0.2) is 39.0 Å². The highest BCUT2D eigenvalue weighted by Gasteiger charge is 2.27. The van der Waals surface area contributed by atoms with Gasteiger partial charge in [-0.3, -0.25) is 0 Å². The molecular formula is C20H28F3N3O3S. The number of benzene rings is 1. The van der Waals surface area contributed by atoms with Gasteiger partial charge in [-0.15, -0.1) is 0 Å². The van der Waals surface area contributed by atoms with Gasteiger partial charge in [0.25, 0.3) is 0 Å². The fourth-order valence-corrected chi connectivity index (χ4v) is 5.29. The lowest BCUT2D eigenvalue weighted by Gasteiger charge is -2.17. The van der Waals surface area contributed by atoms with Crippen molar-refractivity contribution in [1.82, 2.24) is 10.0 Å². The maximum absolute atomic E-state index is 12.4. The van der Waals surface area contributed by atoms with Gasteiger partial charge < -0.3 is 10.6 Å². The number of urea groups is 1. The highest BCUT2D eigenvalue weighted by Crippen LogP contribution is 2.38. The third-order valence-corrected chi connectivity index (χ3v) is 6.95. The summed E-state index contributed by atoms with van der Waals surface area (Å²) in [4.78, 5) is 12.4. The number of sulfonamides is 1. The van der Waals surface area contributed by atoms with Crippen molar-refractivity contribution in [2.75, 3.05) is 17.6 Å². The van der Waals surface area contributed by atoms with Crippen LogP contribution in [0.1, 0.15) is 54.9 Å². The van der Waals surface area contributed by atoms with Gasteiger partial charge in [-0.25, -0.2) is 17.9 Å². The highest BCUT2D eigenvalue weighted by atomic mass is 32.2. The molecule has 0 fully saturated rings. The summed E-state index contributed by atoms with van der Waals surface area (Å²) < 4.78 is 63.1. The lowest BCUT2D eigenvalue weighted by molar-refractivity contribution is -0.133. The number of nitrogens with one attached hydrogen (secondary N) is 3. The van der Waals surface area contributed by atoms with Gasteiger partial charge in [0.2, 0.25) is 10.0 Å². The van der Waals surface area contributed by atoms with Crippen molar-refractivity contribution >= 4 is 21.7 Å². The van der Waals surface area contributed by atoms with E-state index in [-0.39, 0.29) is 18.7 Å². The van der Waals surface area contributed by atoms with Crippen LogP contribution in [0.25, 0.3) is 0 Å². The second kappa shape index (κ2) is 9.13. The molecule has 3 rings (SSSR count). The topological polar surface area (TPSA) is 87.3 Å². The van der Waals surface area contributed by atoms with Crippen molar-refractivity contribution in [3.63, 3.8) is 0 Å². The van der Waals surface area contributed by atoms with E-state index in [4.69, 9.17) is 0 Å². The van der Waals surface area contributed by atoms with Gasteiger partial charge in [-0.05, 0) is 74.1 Å². The SMILES string of the molecule is CC(CCS(=O)(=O)NC(=O)Nc1c2c(cc3c1CCC3)CCC2)NCCC(F)(F)F. The molecule has 168 valence electrons. The number of aryl methyl sites for hydroxylation is 2. The molecule has 0 aromatic heterocycles. The van der Waals surface area contributed by atoms with Crippen LogP contribution in [0.4, 0.5) is 23.7 Å². The monoisotopic (exact) mass is 447 g/mol. The molecular weight excluding hydrogens is 419 g/mol. The van der Waals surface area contributed by atoms with Gasteiger partial charge in [-0.1, -0.05) is 6.07 Å². The number of hydrogen-bond donors (Lipinski definition) is 3. The predicted octanol–water partition coefficient (Wildman–Crippen LogP) is 3.44. The van der Waals surface area contributed by atoms with Crippen LogP contribution in [0.15, 0.2) is 6.07 Å². The average molecular weight is 448 g/mol. The van der Waals surface area contributed by atoms with Gasteiger partial charge in [0, 0.05) is 18.3 Å². The number of carbonyl (C=O) groups is 1. The molecule has 0 saturated carbocycles. The minimum absolute atomic E-state index is 0.0939. The lowest BCUT2D eigenvalue weighted by Crippen LogP contribution is -2.38. The Morgan fingerprint density at radius 3 is 2.27 bits per heavy atom. The van der Waals surface area contributed by atoms with Crippen LogP contribution in [0.3, 0.4) is 0 Å². The van der Waals surface area contributed by atoms with Crippen molar-refractivity contribution in [3.05, 3.63) is 28.3 Å². The maximum Gasteiger partial charge on any atom is 0.390 e. The van der Waals surface area contributed by atoms with E-state index >= 15 is 0 Å². The zero-order chi connectivity index (χ0) is 21.9. The molecule has 2 amide bonds. The van der Waals surface area contributed by atoms with Gasteiger partial charge in [0.05, 0.1) is 12.2 Å². The van der Waals surface area contributed by atoms with Crippen molar-refractivity contribution in [3.8, 4) is 0 Å². The van der Waals surface area contributed by atoms with E-state index in [1.54, 1.807) is 6.92 Å². The number of alkyl halides is 3. The largest absolute Gasteiger partial charge is 0.390 e. The molecule has 6 nitrogen and oxygen atoms in total. The molecule has 0 heterocycles.